The maximum absolute atomic E-state index is 13.4. The predicted molar refractivity (Wildman–Crippen MR) is 111 cm³/mol. The van der Waals surface area contributed by atoms with Gasteiger partial charge in [0.2, 0.25) is 0 Å². The summed E-state index contributed by atoms with van der Waals surface area (Å²) in [5.74, 6) is 0.729. The number of nitrogens with zero attached hydrogens (tertiary/aromatic N) is 2. The first-order valence-electron chi connectivity index (χ1n) is 8.63. The van der Waals surface area contributed by atoms with E-state index in [9.17, 15) is 4.39 Å². The molecule has 0 bridgehead atoms. The third-order valence-electron chi connectivity index (χ3n) is 4.41. The zero-order valence-electron chi connectivity index (χ0n) is 15.0. The highest BCUT2D eigenvalue weighted by molar-refractivity contribution is 5.86. The summed E-state index contributed by atoms with van der Waals surface area (Å²) in [6.07, 6.45) is 11.3. The predicted octanol–water partition coefficient (Wildman–Crippen LogP) is 3.95. The number of hydrogen-bond donors (Lipinski definition) is 2. The first-order valence-corrected chi connectivity index (χ1v) is 8.63. The first kappa shape index (κ1) is 22.6. The Labute approximate surface area is 167 Å². The van der Waals surface area contributed by atoms with E-state index in [0.717, 1.165) is 50.4 Å². The summed E-state index contributed by atoms with van der Waals surface area (Å²) in [6.45, 7) is 4.88. The lowest BCUT2D eigenvalue weighted by molar-refractivity contribution is 0.227. The molecule has 2 aliphatic heterocycles. The third kappa shape index (κ3) is 5.55. The molecule has 0 aliphatic carbocycles. The number of benzene rings is 1. The SMILES string of the molecule is CCCC1=NC=CC(NCN2CC=CCC2)(c2ccc(F)cc2)N1.Cl.Cl. The smallest absolute Gasteiger partial charge is 0.138 e. The van der Waals surface area contributed by atoms with Gasteiger partial charge < -0.3 is 5.32 Å². The van der Waals surface area contributed by atoms with Gasteiger partial charge in [-0.3, -0.25) is 10.2 Å². The van der Waals surface area contributed by atoms with Crippen LogP contribution in [0.5, 0.6) is 0 Å². The molecule has 3 rings (SSSR count). The minimum atomic E-state index is -0.554. The molecule has 1 unspecified atom stereocenters. The maximum atomic E-state index is 13.4. The van der Waals surface area contributed by atoms with E-state index >= 15 is 0 Å². The van der Waals surface area contributed by atoms with Crippen molar-refractivity contribution in [2.24, 2.45) is 4.99 Å². The van der Waals surface area contributed by atoms with Crippen molar-refractivity contribution in [2.45, 2.75) is 31.8 Å². The van der Waals surface area contributed by atoms with Crippen LogP contribution >= 0.6 is 24.8 Å². The molecule has 144 valence electrons. The molecule has 0 spiro atoms. The highest BCUT2D eigenvalue weighted by Crippen LogP contribution is 2.24. The van der Waals surface area contributed by atoms with Crippen LogP contribution < -0.4 is 10.6 Å². The largest absolute Gasteiger partial charge is 0.348 e. The molecule has 1 atom stereocenters. The second-order valence-corrected chi connectivity index (χ2v) is 6.25. The van der Waals surface area contributed by atoms with Crippen molar-refractivity contribution >= 4 is 30.6 Å². The van der Waals surface area contributed by atoms with E-state index in [-0.39, 0.29) is 30.6 Å². The van der Waals surface area contributed by atoms with Gasteiger partial charge in [-0.25, -0.2) is 9.38 Å². The molecule has 7 heteroatoms. The van der Waals surface area contributed by atoms with Crippen LogP contribution in [0, 0.1) is 5.82 Å². The number of aliphatic imine (C=N–C) groups is 1. The molecule has 4 nitrogen and oxygen atoms in total. The molecule has 0 saturated carbocycles. The van der Waals surface area contributed by atoms with E-state index in [2.05, 4.69) is 39.6 Å². The average molecular weight is 401 g/mol. The summed E-state index contributed by atoms with van der Waals surface area (Å²) in [5.41, 5.74) is 0.428. The fourth-order valence-electron chi connectivity index (χ4n) is 3.06. The van der Waals surface area contributed by atoms with Crippen molar-refractivity contribution < 1.29 is 4.39 Å². The molecule has 0 saturated heterocycles. The van der Waals surface area contributed by atoms with Crippen molar-refractivity contribution in [3.63, 3.8) is 0 Å². The van der Waals surface area contributed by atoms with E-state index in [4.69, 9.17) is 0 Å². The number of amidine groups is 1. The number of hydrogen-bond acceptors (Lipinski definition) is 4. The van der Waals surface area contributed by atoms with Gasteiger partial charge in [-0.15, -0.1) is 24.8 Å². The Morgan fingerprint density at radius 2 is 2.00 bits per heavy atom. The van der Waals surface area contributed by atoms with E-state index < -0.39 is 5.66 Å². The van der Waals surface area contributed by atoms with Gasteiger partial charge >= 0.3 is 0 Å². The van der Waals surface area contributed by atoms with Gasteiger partial charge in [-0.1, -0.05) is 31.2 Å². The quantitative estimate of drug-likeness (QED) is 0.710. The minimum absolute atomic E-state index is 0. The Balaban J connectivity index is 0.00000169. The molecule has 2 aliphatic rings. The highest BCUT2D eigenvalue weighted by atomic mass is 35.5. The second-order valence-electron chi connectivity index (χ2n) is 6.25. The normalized spacial score (nSPS) is 22.0. The van der Waals surface area contributed by atoms with Gasteiger partial charge in [0.1, 0.15) is 17.3 Å². The summed E-state index contributed by atoms with van der Waals surface area (Å²) in [6, 6.07) is 6.65. The van der Waals surface area contributed by atoms with Gasteiger partial charge in [0, 0.05) is 25.7 Å². The van der Waals surface area contributed by atoms with Gasteiger partial charge in [-0.05, 0) is 36.6 Å². The van der Waals surface area contributed by atoms with Crippen molar-refractivity contribution in [2.75, 3.05) is 19.8 Å². The summed E-state index contributed by atoms with van der Waals surface area (Å²) < 4.78 is 13.4. The molecule has 26 heavy (non-hydrogen) atoms. The van der Waals surface area contributed by atoms with E-state index in [1.165, 1.54) is 12.1 Å². The number of halogens is 3. The molecule has 2 heterocycles. The fourth-order valence-corrected chi connectivity index (χ4v) is 3.06. The molecule has 0 aromatic heterocycles. The molecular formula is C19H27Cl2FN4. The van der Waals surface area contributed by atoms with Crippen LogP contribution in [0.2, 0.25) is 0 Å². The number of rotatable bonds is 6. The lowest BCUT2D eigenvalue weighted by atomic mass is 9.97. The van der Waals surface area contributed by atoms with Gasteiger partial charge in [0.05, 0.1) is 6.67 Å². The van der Waals surface area contributed by atoms with Gasteiger partial charge in [0.15, 0.2) is 0 Å². The fraction of sp³-hybridized carbons (Fsp3) is 0.421. The van der Waals surface area contributed by atoms with E-state index in [1.807, 2.05) is 24.4 Å². The van der Waals surface area contributed by atoms with E-state index in [0.29, 0.717) is 0 Å². The Morgan fingerprint density at radius 3 is 2.65 bits per heavy atom. The Hall–Kier alpha value is -1.40. The molecule has 0 fully saturated rings. The minimum Gasteiger partial charge on any atom is -0.348 e. The van der Waals surface area contributed by atoms with Crippen molar-refractivity contribution in [3.8, 4) is 0 Å². The van der Waals surface area contributed by atoms with Crippen molar-refractivity contribution in [1.82, 2.24) is 15.5 Å². The summed E-state index contributed by atoms with van der Waals surface area (Å²) in [5, 5.41) is 7.15. The topological polar surface area (TPSA) is 39.7 Å². The number of nitrogens with one attached hydrogen (secondary N) is 2. The Morgan fingerprint density at radius 1 is 1.23 bits per heavy atom. The van der Waals surface area contributed by atoms with Crippen LogP contribution in [-0.2, 0) is 5.66 Å². The molecule has 1 aromatic rings. The van der Waals surface area contributed by atoms with E-state index in [1.54, 1.807) is 0 Å². The Kier molecular flexibility index (Phi) is 9.30. The maximum Gasteiger partial charge on any atom is 0.138 e. The molecule has 0 radical (unpaired) electrons. The molecule has 1 aromatic carbocycles. The lowest BCUT2D eigenvalue weighted by Crippen LogP contribution is -2.58. The monoisotopic (exact) mass is 400 g/mol. The molecule has 0 amide bonds. The average Bonchev–Trinajstić information content (AvgIpc) is 2.62. The second kappa shape index (κ2) is 10.7. The first-order chi connectivity index (χ1) is 11.7. The van der Waals surface area contributed by atoms with Crippen molar-refractivity contribution in [3.05, 3.63) is 60.1 Å². The van der Waals surface area contributed by atoms with Crippen LogP contribution in [0.3, 0.4) is 0 Å². The van der Waals surface area contributed by atoms with Crippen molar-refractivity contribution in [1.29, 1.82) is 0 Å². The zero-order valence-corrected chi connectivity index (χ0v) is 16.6. The summed E-state index contributed by atoms with van der Waals surface area (Å²) >= 11 is 0. The molecular weight excluding hydrogens is 374 g/mol. The van der Waals surface area contributed by atoms with Crippen LogP contribution in [-0.4, -0.2) is 30.5 Å². The van der Waals surface area contributed by atoms with Crippen LogP contribution in [0.25, 0.3) is 0 Å². The highest BCUT2D eigenvalue weighted by Gasteiger charge is 2.32. The van der Waals surface area contributed by atoms with Gasteiger partial charge in [-0.2, -0.15) is 0 Å². The van der Waals surface area contributed by atoms with Crippen LogP contribution in [0.1, 0.15) is 31.7 Å². The molecule has 2 N–H and O–H groups in total. The summed E-state index contributed by atoms with van der Waals surface area (Å²) in [4.78, 5) is 6.79. The summed E-state index contributed by atoms with van der Waals surface area (Å²) in [7, 11) is 0. The van der Waals surface area contributed by atoms with Crippen LogP contribution in [0.15, 0.2) is 53.7 Å². The zero-order chi connectivity index (χ0) is 16.8. The lowest BCUT2D eigenvalue weighted by Gasteiger charge is -2.38. The van der Waals surface area contributed by atoms with Gasteiger partial charge in [0.25, 0.3) is 0 Å². The van der Waals surface area contributed by atoms with Crippen LogP contribution in [0.4, 0.5) is 4.39 Å². The Bertz CT molecular complexity index is 645. The standard InChI is InChI=1S/C19H25FN4.2ClH/c1-2-6-18-21-12-11-19(23-18,16-7-9-17(20)10-8-16)22-15-24-13-4-3-5-14-24;;/h3-4,7-12,22H,2,5-6,13-15H2,1H3,(H,21,23);2*1H. The third-order valence-corrected chi connectivity index (χ3v) is 4.41.